The molecule has 0 radical (unpaired) electrons. The number of quaternary nitrogens is 1. The Bertz CT molecular complexity index is 545. The van der Waals surface area contributed by atoms with Gasteiger partial charge in [-0.25, -0.2) is 0 Å². The Labute approximate surface area is 240 Å². The third kappa shape index (κ3) is 25.9. The number of allylic oxidation sites excluding steroid dienone is 4. The zero-order valence-corrected chi connectivity index (χ0v) is 25.6. The lowest BCUT2D eigenvalue weighted by atomic mass is 10.1. The van der Waals surface area contributed by atoms with E-state index >= 15 is 0 Å². The van der Waals surface area contributed by atoms with Gasteiger partial charge in [-0.15, -0.1) is 0 Å². The van der Waals surface area contributed by atoms with Crippen LogP contribution in [0.5, 0.6) is 0 Å². The van der Waals surface area contributed by atoms with E-state index in [4.69, 9.17) is 19.3 Å². The second-order valence-electron chi connectivity index (χ2n) is 10.7. The highest BCUT2D eigenvalue weighted by atomic mass is 16.5. The summed E-state index contributed by atoms with van der Waals surface area (Å²) in [5.41, 5.74) is 0. The molecule has 0 spiro atoms. The van der Waals surface area contributed by atoms with Crippen molar-refractivity contribution in [1.82, 2.24) is 0 Å². The van der Waals surface area contributed by atoms with Gasteiger partial charge in [-0.05, 0) is 51.4 Å². The zero-order chi connectivity index (χ0) is 28.7. The van der Waals surface area contributed by atoms with E-state index in [2.05, 4.69) is 38.2 Å². The zero-order valence-electron chi connectivity index (χ0n) is 25.6. The smallest absolute Gasteiger partial charge is 0.126 e. The van der Waals surface area contributed by atoms with Gasteiger partial charge in [0.2, 0.25) is 0 Å². The molecule has 232 valence electrons. The maximum Gasteiger partial charge on any atom is 0.126 e. The van der Waals surface area contributed by atoms with Gasteiger partial charge < -0.3 is 34.0 Å². The van der Waals surface area contributed by atoms with Crippen LogP contribution in [0.4, 0.5) is 0 Å². The Hall–Kier alpha value is -0.800. The molecule has 0 fully saturated rings. The summed E-state index contributed by atoms with van der Waals surface area (Å²) in [4.78, 5) is 0. The van der Waals surface area contributed by atoms with Crippen molar-refractivity contribution in [2.45, 2.75) is 103 Å². The van der Waals surface area contributed by atoms with Crippen LogP contribution < -0.4 is 0 Å². The standard InChI is InChI=1S/C32H64NO6/c1-3-5-6-7-8-9-10-11-12-13-14-15-16-17-18-19-20-33(30-32(36)31-35,21-25-38-27-23-34)22-26-39-29-28-37-24-4-2/h8-9,11-12,32,34-36H,3-7,10,13-31H2,1-2H3/q+1/b9-8+,12-11+. The predicted molar refractivity (Wildman–Crippen MR) is 162 cm³/mol. The third-order valence-corrected chi connectivity index (χ3v) is 7.02. The molecule has 0 saturated heterocycles. The van der Waals surface area contributed by atoms with Crippen molar-refractivity contribution in [3.63, 3.8) is 0 Å². The Kier molecular flexibility index (Phi) is 29.5. The highest BCUT2D eigenvalue weighted by molar-refractivity contribution is 4.92. The van der Waals surface area contributed by atoms with Crippen molar-refractivity contribution in [2.75, 3.05) is 79.0 Å². The summed E-state index contributed by atoms with van der Waals surface area (Å²) in [6.07, 6.45) is 24.1. The first-order chi connectivity index (χ1) is 19.1. The van der Waals surface area contributed by atoms with Gasteiger partial charge in [-0.1, -0.05) is 70.3 Å². The first-order valence-corrected chi connectivity index (χ1v) is 15.9. The number of aliphatic hydroxyl groups is 3. The Morgan fingerprint density at radius 1 is 0.590 bits per heavy atom. The van der Waals surface area contributed by atoms with Crippen molar-refractivity contribution in [3.8, 4) is 0 Å². The molecule has 0 aliphatic carbocycles. The van der Waals surface area contributed by atoms with Crippen LogP contribution in [0.2, 0.25) is 0 Å². The van der Waals surface area contributed by atoms with Crippen molar-refractivity contribution in [3.05, 3.63) is 24.3 Å². The number of ether oxygens (including phenoxy) is 3. The monoisotopic (exact) mass is 558 g/mol. The van der Waals surface area contributed by atoms with Crippen LogP contribution >= 0.6 is 0 Å². The molecule has 0 aliphatic heterocycles. The molecule has 7 nitrogen and oxygen atoms in total. The van der Waals surface area contributed by atoms with Crippen LogP contribution in [0.25, 0.3) is 0 Å². The van der Waals surface area contributed by atoms with Gasteiger partial charge in [0.1, 0.15) is 25.7 Å². The molecule has 0 aromatic carbocycles. The lowest BCUT2D eigenvalue weighted by Gasteiger charge is -2.40. The Balaban J connectivity index is 4.36. The third-order valence-electron chi connectivity index (χ3n) is 7.02. The summed E-state index contributed by atoms with van der Waals surface area (Å²) < 4.78 is 17.6. The number of unbranched alkanes of at least 4 members (excludes halogenated alkanes) is 9. The van der Waals surface area contributed by atoms with Gasteiger partial charge in [0.15, 0.2) is 0 Å². The van der Waals surface area contributed by atoms with Crippen LogP contribution in [0.3, 0.4) is 0 Å². The van der Waals surface area contributed by atoms with E-state index in [1.807, 2.05) is 0 Å². The topological polar surface area (TPSA) is 88.4 Å². The second kappa shape index (κ2) is 30.2. The summed E-state index contributed by atoms with van der Waals surface area (Å²) >= 11 is 0. The summed E-state index contributed by atoms with van der Waals surface area (Å²) in [7, 11) is 0. The Morgan fingerprint density at radius 3 is 1.74 bits per heavy atom. The summed E-state index contributed by atoms with van der Waals surface area (Å²) in [5.74, 6) is 0. The molecule has 7 heteroatoms. The maximum atomic E-state index is 10.3. The van der Waals surface area contributed by atoms with Crippen molar-refractivity contribution < 1.29 is 34.0 Å². The SMILES string of the molecule is CCCCC/C=C/C/C=C/CCCCCCCC[N+](CCOCCO)(CCOCCOCCC)CC(O)CO. The number of hydrogen-bond donors (Lipinski definition) is 3. The molecule has 3 N–H and O–H groups in total. The van der Waals surface area contributed by atoms with E-state index in [0.717, 1.165) is 51.9 Å². The van der Waals surface area contributed by atoms with E-state index in [-0.39, 0.29) is 13.2 Å². The minimum Gasteiger partial charge on any atom is -0.394 e. The van der Waals surface area contributed by atoms with E-state index in [1.165, 1.54) is 57.8 Å². The Morgan fingerprint density at radius 2 is 1.15 bits per heavy atom. The molecule has 0 aromatic heterocycles. The molecular formula is C32H64NO6+. The number of aliphatic hydroxyl groups excluding tert-OH is 3. The lowest BCUT2D eigenvalue weighted by Crippen LogP contribution is -2.56. The number of nitrogens with zero attached hydrogens (tertiary/aromatic N) is 1. The van der Waals surface area contributed by atoms with Gasteiger partial charge in [0.05, 0.1) is 52.8 Å². The minimum atomic E-state index is -0.764. The number of hydrogen-bond acceptors (Lipinski definition) is 6. The summed E-state index contributed by atoms with van der Waals surface area (Å²) in [6.45, 7) is 10.3. The largest absolute Gasteiger partial charge is 0.394 e. The normalized spacial score (nSPS) is 14.5. The summed E-state index contributed by atoms with van der Waals surface area (Å²) in [6, 6.07) is 0. The molecule has 0 rings (SSSR count). The molecule has 0 bridgehead atoms. The van der Waals surface area contributed by atoms with E-state index in [0.29, 0.717) is 44.1 Å². The molecular weight excluding hydrogens is 494 g/mol. The molecule has 39 heavy (non-hydrogen) atoms. The highest BCUT2D eigenvalue weighted by Gasteiger charge is 2.29. The molecule has 0 heterocycles. The molecule has 0 amide bonds. The lowest BCUT2D eigenvalue weighted by molar-refractivity contribution is -0.931. The molecule has 2 unspecified atom stereocenters. The maximum absolute atomic E-state index is 10.3. The highest BCUT2D eigenvalue weighted by Crippen LogP contribution is 2.15. The molecule has 0 saturated carbocycles. The van der Waals surface area contributed by atoms with E-state index in [9.17, 15) is 10.2 Å². The molecule has 0 aliphatic rings. The van der Waals surface area contributed by atoms with Gasteiger partial charge in [-0.3, -0.25) is 0 Å². The van der Waals surface area contributed by atoms with E-state index in [1.54, 1.807) is 0 Å². The van der Waals surface area contributed by atoms with Gasteiger partial charge in [0, 0.05) is 6.61 Å². The van der Waals surface area contributed by atoms with Crippen LogP contribution in [0, 0.1) is 0 Å². The second-order valence-corrected chi connectivity index (χ2v) is 10.7. The first-order valence-electron chi connectivity index (χ1n) is 15.9. The average molecular weight is 559 g/mol. The first kappa shape index (κ1) is 38.2. The van der Waals surface area contributed by atoms with Crippen LogP contribution in [0.1, 0.15) is 97.3 Å². The fraction of sp³-hybridized carbons (Fsp3) is 0.875. The number of rotatable bonds is 31. The van der Waals surface area contributed by atoms with Gasteiger partial charge >= 0.3 is 0 Å². The fourth-order valence-electron chi connectivity index (χ4n) is 4.70. The quantitative estimate of drug-likeness (QED) is 0.0598. The van der Waals surface area contributed by atoms with Gasteiger partial charge in [-0.2, -0.15) is 0 Å². The van der Waals surface area contributed by atoms with E-state index < -0.39 is 6.10 Å². The fourth-order valence-corrected chi connectivity index (χ4v) is 4.70. The minimum absolute atomic E-state index is 0.00605. The van der Waals surface area contributed by atoms with Crippen molar-refractivity contribution >= 4 is 0 Å². The summed E-state index contributed by atoms with van der Waals surface area (Å²) in [5, 5.41) is 28.9. The average Bonchev–Trinajstić information content (AvgIpc) is 2.94. The van der Waals surface area contributed by atoms with Crippen molar-refractivity contribution in [2.24, 2.45) is 0 Å². The molecule has 0 aromatic rings. The van der Waals surface area contributed by atoms with Crippen LogP contribution in [-0.4, -0.2) is 105 Å². The van der Waals surface area contributed by atoms with Crippen LogP contribution in [-0.2, 0) is 14.2 Å². The van der Waals surface area contributed by atoms with Crippen molar-refractivity contribution in [1.29, 1.82) is 0 Å². The van der Waals surface area contributed by atoms with Gasteiger partial charge in [0.25, 0.3) is 0 Å². The van der Waals surface area contributed by atoms with Crippen LogP contribution in [0.15, 0.2) is 24.3 Å². The molecule has 2 atom stereocenters. The predicted octanol–water partition coefficient (Wildman–Crippen LogP) is 5.42.